The Morgan fingerprint density at radius 1 is 1.30 bits per heavy atom. The van der Waals surface area contributed by atoms with Gasteiger partial charge in [0.1, 0.15) is 11.1 Å². The van der Waals surface area contributed by atoms with E-state index < -0.39 is 5.97 Å². The highest BCUT2D eigenvalue weighted by Crippen LogP contribution is 2.32. The number of hydrogen-bond acceptors (Lipinski definition) is 3. The normalized spacial score (nSPS) is 10.9. The first-order valence-corrected chi connectivity index (χ1v) is 7.51. The number of halogens is 2. The van der Waals surface area contributed by atoms with Crippen molar-refractivity contribution in [2.45, 2.75) is 0 Å². The summed E-state index contributed by atoms with van der Waals surface area (Å²) in [5.74, 6) is -0.626. The summed E-state index contributed by atoms with van der Waals surface area (Å²) in [6, 6.07) is 10.7. The predicted octanol–water partition coefficient (Wildman–Crippen LogP) is 4.56. The molecule has 0 aliphatic rings. The van der Waals surface area contributed by atoms with Gasteiger partial charge in [0, 0.05) is 8.04 Å². The Balaban J connectivity index is 2.26. The number of carboxylic acid groups (broad SMARTS) is 1. The Hall–Kier alpha value is -1.41. The average Bonchev–Trinajstić information content (AvgIpc) is 2.84. The summed E-state index contributed by atoms with van der Waals surface area (Å²) < 4.78 is 7.55. The minimum atomic E-state index is -1.03. The van der Waals surface area contributed by atoms with Gasteiger partial charge in [-0.1, -0.05) is 6.07 Å². The van der Waals surface area contributed by atoms with Crippen LogP contribution in [0.25, 0.3) is 22.6 Å². The van der Waals surface area contributed by atoms with Gasteiger partial charge >= 0.3 is 5.97 Å². The number of para-hydroxylation sites is 1. The number of carbonyl (C=O) groups is 1. The minimum absolute atomic E-state index is 0.114. The molecule has 1 aromatic heterocycles. The summed E-state index contributed by atoms with van der Waals surface area (Å²) in [7, 11) is 0. The van der Waals surface area contributed by atoms with E-state index in [-0.39, 0.29) is 5.56 Å². The maximum atomic E-state index is 11.2. The third-order valence-corrected chi connectivity index (χ3v) is 4.17. The van der Waals surface area contributed by atoms with E-state index >= 15 is 0 Å². The van der Waals surface area contributed by atoms with Gasteiger partial charge in [-0.3, -0.25) is 0 Å². The second-order valence-electron chi connectivity index (χ2n) is 4.10. The summed E-state index contributed by atoms with van der Waals surface area (Å²) in [6.45, 7) is 0. The van der Waals surface area contributed by atoms with Crippen LogP contribution in [-0.2, 0) is 0 Å². The molecule has 20 heavy (non-hydrogen) atoms. The molecule has 1 N–H and O–H groups in total. The molecule has 6 heteroatoms. The number of rotatable bonds is 2. The van der Waals surface area contributed by atoms with Gasteiger partial charge in [-0.15, -0.1) is 0 Å². The molecule has 1 heterocycles. The topological polar surface area (TPSA) is 63.3 Å². The van der Waals surface area contributed by atoms with Crippen LogP contribution in [0, 0.1) is 3.57 Å². The lowest BCUT2D eigenvalue weighted by Gasteiger charge is -2.00. The fourth-order valence-electron chi connectivity index (χ4n) is 1.89. The molecule has 0 bridgehead atoms. The molecule has 0 unspecified atom stereocenters. The van der Waals surface area contributed by atoms with Crippen LogP contribution in [0.4, 0.5) is 0 Å². The Labute approximate surface area is 136 Å². The van der Waals surface area contributed by atoms with Crippen molar-refractivity contribution in [2.75, 3.05) is 0 Å². The lowest BCUT2D eigenvalue weighted by atomic mass is 10.2. The number of aromatic carboxylic acids is 1. The summed E-state index contributed by atoms with van der Waals surface area (Å²) >= 11 is 5.65. The number of aromatic nitrogens is 1. The first-order valence-electron chi connectivity index (χ1n) is 5.64. The molecule has 100 valence electrons. The van der Waals surface area contributed by atoms with Crippen molar-refractivity contribution in [1.29, 1.82) is 0 Å². The molecule has 4 nitrogen and oxygen atoms in total. The standard InChI is InChI=1S/C14H7BrINO3/c15-10-5-4-7(16)6-9(10)13-17-11-3-1-2-8(14(18)19)12(11)20-13/h1-6H,(H,18,19). The Morgan fingerprint density at radius 2 is 2.10 bits per heavy atom. The summed E-state index contributed by atoms with van der Waals surface area (Å²) in [6.07, 6.45) is 0. The fraction of sp³-hybridized carbons (Fsp3) is 0. The molecule has 0 fully saturated rings. The number of fused-ring (bicyclic) bond motifs is 1. The molecule has 3 rings (SSSR count). The van der Waals surface area contributed by atoms with Crippen LogP contribution in [0.5, 0.6) is 0 Å². The second-order valence-corrected chi connectivity index (χ2v) is 6.20. The molecule has 0 atom stereocenters. The van der Waals surface area contributed by atoms with Crippen LogP contribution in [0.2, 0.25) is 0 Å². The van der Waals surface area contributed by atoms with Crippen LogP contribution in [0.15, 0.2) is 45.3 Å². The van der Waals surface area contributed by atoms with Gasteiger partial charge in [0.05, 0.1) is 5.56 Å². The number of benzene rings is 2. The van der Waals surface area contributed by atoms with Crippen LogP contribution >= 0.6 is 38.5 Å². The molecular formula is C14H7BrINO3. The van der Waals surface area contributed by atoms with Crippen molar-refractivity contribution in [3.05, 3.63) is 50.0 Å². The zero-order valence-corrected chi connectivity index (χ0v) is 13.7. The predicted molar refractivity (Wildman–Crippen MR) is 86.8 cm³/mol. The van der Waals surface area contributed by atoms with Gasteiger partial charge in [-0.2, -0.15) is 0 Å². The van der Waals surface area contributed by atoms with Gasteiger partial charge in [0.2, 0.25) is 5.89 Å². The van der Waals surface area contributed by atoms with Gasteiger partial charge < -0.3 is 9.52 Å². The Morgan fingerprint density at radius 3 is 2.85 bits per heavy atom. The van der Waals surface area contributed by atoms with Crippen molar-refractivity contribution in [3.63, 3.8) is 0 Å². The quantitative estimate of drug-likeness (QED) is 0.589. The highest BCUT2D eigenvalue weighted by molar-refractivity contribution is 14.1. The molecule has 0 radical (unpaired) electrons. The maximum absolute atomic E-state index is 11.2. The Kier molecular flexibility index (Phi) is 3.51. The molecule has 0 aliphatic carbocycles. The third kappa shape index (κ3) is 2.33. The summed E-state index contributed by atoms with van der Waals surface area (Å²) in [5.41, 5.74) is 1.74. The Bertz CT molecular complexity index is 828. The molecule has 0 amide bonds. The first kappa shape index (κ1) is 13.6. The van der Waals surface area contributed by atoms with Gasteiger partial charge in [-0.25, -0.2) is 9.78 Å². The first-order chi connectivity index (χ1) is 9.56. The SMILES string of the molecule is O=C(O)c1cccc2nc(-c3cc(I)ccc3Br)oc12. The van der Waals surface area contributed by atoms with E-state index in [2.05, 4.69) is 43.5 Å². The van der Waals surface area contributed by atoms with Crippen molar-refractivity contribution < 1.29 is 14.3 Å². The lowest BCUT2D eigenvalue weighted by molar-refractivity contribution is 0.0698. The minimum Gasteiger partial charge on any atom is -0.478 e. The molecule has 0 saturated heterocycles. The monoisotopic (exact) mass is 443 g/mol. The molecular weight excluding hydrogens is 437 g/mol. The van der Waals surface area contributed by atoms with E-state index in [1.54, 1.807) is 12.1 Å². The van der Waals surface area contributed by atoms with E-state index in [1.807, 2.05) is 18.2 Å². The number of hydrogen-bond donors (Lipinski definition) is 1. The fourth-order valence-corrected chi connectivity index (χ4v) is 2.80. The van der Waals surface area contributed by atoms with E-state index in [9.17, 15) is 4.79 Å². The largest absolute Gasteiger partial charge is 0.478 e. The third-order valence-electron chi connectivity index (χ3n) is 2.80. The van der Waals surface area contributed by atoms with E-state index in [0.717, 1.165) is 13.6 Å². The van der Waals surface area contributed by atoms with Gasteiger partial charge in [-0.05, 0) is 68.9 Å². The smallest absolute Gasteiger partial charge is 0.339 e. The molecule has 0 spiro atoms. The van der Waals surface area contributed by atoms with Gasteiger partial charge in [0.25, 0.3) is 0 Å². The van der Waals surface area contributed by atoms with Crippen molar-refractivity contribution in [1.82, 2.24) is 4.98 Å². The van der Waals surface area contributed by atoms with Crippen LogP contribution in [0.1, 0.15) is 10.4 Å². The zero-order valence-electron chi connectivity index (χ0n) is 9.93. The van der Waals surface area contributed by atoms with E-state index in [0.29, 0.717) is 17.0 Å². The van der Waals surface area contributed by atoms with Crippen molar-refractivity contribution in [3.8, 4) is 11.5 Å². The van der Waals surface area contributed by atoms with Crippen LogP contribution < -0.4 is 0 Å². The maximum Gasteiger partial charge on any atom is 0.339 e. The molecule has 0 aliphatic heterocycles. The van der Waals surface area contributed by atoms with E-state index in [4.69, 9.17) is 9.52 Å². The number of nitrogens with zero attached hydrogens (tertiary/aromatic N) is 1. The molecule has 3 aromatic rings. The zero-order chi connectivity index (χ0) is 14.3. The molecule has 0 saturated carbocycles. The van der Waals surface area contributed by atoms with Crippen molar-refractivity contribution >= 4 is 55.6 Å². The summed E-state index contributed by atoms with van der Waals surface area (Å²) in [5, 5.41) is 9.16. The number of oxazole rings is 1. The van der Waals surface area contributed by atoms with Crippen LogP contribution in [0.3, 0.4) is 0 Å². The van der Waals surface area contributed by atoms with Crippen LogP contribution in [-0.4, -0.2) is 16.1 Å². The average molecular weight is 444 g/mol. The highest BCUT2D eigenvalue weighted by atomic mass is 127. The van der Waals surface area contributed by atoms with E-state index in [1.165, 1.54) is 6.07 Å². The summed E-state index contributed by atoms with van der Waals surface area (Å²) in [4.78, 5) is 15.5. The number of carboxylic acids is 1. The highest BCUT2D eigenvalue weighted by Gasteiger charge is 2.17. The second kappa shape index (κ2) is 5.17. The van der Waals surface area contributed by atoms with Crippen molar-refractivity contribution in [2.24, 2.45) is 0 Å². The molecule has 2 aromatic carbocycles. The van der Waals surface area contributed by atoms with Gasteiger partial charge in [0.15, 0.2) is 5.58 Å². The lowest BCUT2D eigenvalue weighted by Crippen LogP contribution is -1.95.